The van der Waals surface area contributed by atoms with Crippen LogP contribution in [0.15, 0.2) is 61.2 Å². The molecule has 2 aromatic rings. The van der Waals surface area contributed by atoms with E-state index in [9.17, 15) is 18.0 Å². The molecule has 0 radical (unpaired) electrons. The number of halogens is 3. The second-order valence-electron chi connectivity index (χ2n) is 5.41. The lowest BCUT2D eigenvalue weighted by Gasteiger charge is -2.21. The van der Waals surface area contributed by atoms with Crippen LogP contribution in [0.5, 0.6) is 5.75 Å². The van der Waals surface area contributed by atoms with Crippen LogP contribution in [0.1, 0.15) is 21.5 Å². The van der Waals surface area contributed by atoms with Gasteiger partial charge in [-0.2, -0.15) is 13.2 Å². The highest BCUT2D eigenvalue weighted by Gasteiger charge is 2.33. The largest absolute Gasteiger partial charge is 0.489 e. The number of nitrogens with zero attached hydrogens (tertiary/aromatic N) is 1. The summed E-state index contributed by atoms with van der Waals surface area (Å²) in [4.78, 5) is 13.9. The number of alkyl halides is 3. The van der Waals surface area contributed by atoms with E-state index in [0.717, 1.165) is 6.07 Å². The molecule has 0 aliphatic carbocycles. The highest BCUT2D eigenvalue weighted by atomic mass is 19.4. The monoisotopic (exact) mass is 349 g/mol. The minimum absolute atomic E-state index is 0.0374. The Kier molecular flexibility index (Phi) is 5.85. The summed E-state index contributed by atoms with van der Waals surface area (Å²) in [5, 5.41) is 0. The smallest absolute Gasteiger partial charge is 0.416 e. The molecular weight excluding hydrogens is 331 g/mol. The van der Waals surface area contributed by atoms with Crippen LogP contribution < -0.4 is 4.74 Å². The summed E-state index contributed by atoms with van der Waals surface area (Å²) in [6.07, 6.45) is -2.92. The Hall–Kier alpha value is -2.76. The van der Waals surface area contributed by atoms with Gasteiger partial charge in [0.1, 0.15) is 12.4 Å². The maximum Gasteiger partial charge on any atom is 0.416 e. The Bertz CT molecular complexity index is 756. The Morgan fingerprint density at radius 1 is 1.16 bits per heavy atom. The number of hydrogen-bond donors (Lipinski definition) is 0. The molecule has 0 fully saturated rings. The number of amides is 1. The standard InChI is InChI=1S/C19H18F3NO2/c1-3-12-25-17-11-7-5-9-15(17)18(24)23(2)13-14-8-4-6-10-16(14)19(20,21)22/h3-11H,1,12-13H2,2H3. The molecule has 25 heavy (non-hydrogen) atoms. The maximum absolute atomic E-state index is 13.1. The number of para-hydroxylation sites is 1. The first kappa shape index (κ1) is 18.6. The fourth-order valence-corrected chi connectivity index (χ4v) is 2.39. The minimum atomic E-state index is -4.47. The first-order chi connectivity index (χ1) is 11.8. The first-order valence-corrected chi connectivity index (χ1v) is 7.58. The number of carbonyl (C=O) groups is 1. The van der Waals surface area contributed by atoms with Gasteiger partial charge in [0.15, 0.2) is 0 Å². The van der Waals surface area contributed by atoms with Crippen molar-refractivity contribution in [3.63, 3.8) is 0 Å². The van der Waals surface area contributed by atoms with Crippen molar-refractivity contribution in [2.75, 3.05) is 13.7 Å². The van der Waals surface area contributed by atoms with Crippen molar-refractivity contribution in [1.29, 1.82) is 0 Å². The van der Waals surface area contributed by atoms with E-state index in [1.165, 1.54) is 30.1 Å². The fraction of sp³-hybridized carbons (Fsp3) is 0.211. The molecular formula is C19H18F3NO2. The maximum atomic E-state index is 13.1. The van der Waals surface area contributed by atoms with Gasteiger partial charge < -0.3 is 9.64 Å². The van der Waals surface area contributed by atoms with Crippen molar-refractivity contribution >= 4 is 5.91 Å². The average Bonchev–Trinajstić information content (AvgIpc) is 2.59. The van der Waals surface area contributed by atoms with E-state index < -0.39 is 17.6 Å². The molecule has 6 heteroatoms. The molecule has 0 heterocycles. The van der Waals surface area contributed by atoms with Gasteiger partial charge in [-0.25, -0.2) is 0 Å². The lowest BCUT2D eigenvalue weighted by molar-refractivity contribution is -0.138. The highest BCUT2D eigenvalue weighted by molar-refractivity contribution is 5.96. The van der Waals surface area contributed by atoms with E-state index in [-0.39, 0.29) is 24.3 Å². The van der Waals surface area contributed by atoms with Gasteiger partial charge in [0.05, 0.1) is 11.1 Å². The quantitative estimate of drug-likeness (QED) is 0.717. The molecule has 2 rings (SSSR count). The van der Waals surface area contributed by atoms with Crippen LogP contribution in [0.2, 0.25) is 0 Å². The number of benzene rings is 2. The number of hydrogen-bond acceptors (Lipinski definition) is 2. The molecule has 0 atom stereocenters. The van der Waals surface area contributed by atoms with E-state index in [2.05, 4.69) is 6.58 Å². The van der Waals surface area contributed by atoms with Crippen molar-refractivity contribution < 1.29 is 22.7 Å². The highest BCUT2D eigenvalue weighted by Crippen LogP contribution is 2.32. The van der Waals surface area contributed by atoms with Gasteiger partial charge in [0.25, 0.3) is 5.91 Å². The summed E-state index contributed by atoms with van der Waals surface area (Å²) < 4.78 is 44.7. The van der Waals surface area contributed by atoms with Crippen LogP contribution in [0.25, 0.3) is 0 Å². The van der Waals surface area contributed by atoms with Gasteiger partial charge in [-0.05, 0) is 23.8 Å². The topological polar surface area (TPSA) is 29.5 Å². The zero-order valence-electron chi connectivity index (χ0n) is 13.7. The van der Waals surface area contributed by atoms with Gasteiger partial charge in [0.2, 0.25) is 0 Å². The molecule has 0 N–H and O–H groups in total. The molecule has 0 saturated heterocycles. The zero-order chi connectivity index (χ0) is 18.4. The van der Waals surface area contributed by atoms with Crippen LogP contribution >= 0.6 is 0 Å². The average molecular weight is 349 g/mol. The van der Waals surface area contributed by atoms with Crippen LogP contribution in [-0.2, 0) is 12.7 Å². The Labute approximate surface area is 144 Å². The zero-order valence-corrected chi connectivity index (χ0v) is 13.7. The number of carbonyl (C=O) groups excluding carboxylic acids is 1. The molecule has 0 aliphatic heterocycles. The Morgan fingerprint density at radius 3 is 2.48 bits per heavy atom. The summed E-state index contributed by atoms with van der Waals surface area (Å²) in [5.41, 5.74) is -0.419. The van der Waals surface area contributed by atoms with E-state index in [4.69, 9.17) is 4.74 Å². The van der Waals surface area contributed by atoms with Gasteiger partial charge in [-0.3, -0.25) is 4.79 Å². The van der Waals surface area contributed by atoms with Crippen LogP contribution in [-0.4, -0.2) is 24.5 Å². The van der Waals surface area contributed by atoms with Gasteiger partial charge in [-0.15, -0.1) is 0 Å². The molecule has 0 aliphatic rings. The molecule has 0 spiro atoms. The second kappa shape index (κ2) is 7.88. The Morgan fingerprint density at radius 2 is 1.80 bits per heavy atom. The van der Waals surface area contributed by atoms with Gasteiger partial charge in [0, 0.05) is 13.6 Å². The van der Waals surface area contributed by atoms with Crippen LogP contribution in [0, 0.1) is 0 Å². The van der Waals surface area contributed by atoms with Crippen LogP contribution in [0.4, 0.5) is 13.2 Å². The van der Waals surface area contributed by atoms with E-state index in [1.54, 1.807) is 30.3 Å². The van der Waals surface area contributed by atoms with E-state index in [1.807, 2.05) is 0 Å². The van der Waals surface area contributed by atoms with E-state index in [0.29, 0.717) is 5.75 Å². The fourth-order valence-electron chi connectivity index (χ4n) is 2.39. The lowest BCUT2D eigenvalue weighted by Crippen LogP contribution is -2.28. The minimum Gasteiger partial charge on any atom is -0.489 e. The van der Waals surface area contributed by atoms with Crippen molar-refractivity contribution in [3.05, 3.63) is 77.9 Å². The molecule has 0 bridgehead atoms. The molecule has 132 valence electrons. The second-order valence-corrected chi connectivity index (χ2v) is 5.41. The molecule has 0 aromatic heterocycles. The number of rotatable bonds is 6. The Balaban J connectivity index is 2.24. The van der Waals surface area contributed by atoms with Gasteiger partial charge in [-0.1, -0.05) is 43.0 Å². The van der Waals surface area contributed by atoms with Crippen molar-refractivity contribution in [2.24, 2.45) is 0 Å². The molecule has 2 aromatic carbocycles. The summed E-state index contributed by atoms with van der Waals surface area (Å²) in [7, 11) is 1.46. The van der Waals surface area contributed by atoms with Crippen LogP contribution in [0.3, 0.4) is 0 Å². The number of ether oxygens (including phenoxy) is 1. The lowest BCUT2D eigenvalue weighted by atomic mass is 10.1. The third-order valence-corrected chi connectivity index (χ3v) is 3.55. The summed E-state index contributed by atoms with van der Waals surface area (Å²) in [6.45, 7) is 3.61. The summed E-state index contributed by atoms with van der Waals surface area (Å²) in [6, 6.07) is 11.8. The predicted octanol–water partition coefficient (Wildman–Crippen LogP) is 4.54. The molecule has 0 saturated carbocycles. The van der Waals surface area contributed by atoms with E-state index >= 15 is 0 Å². The SMILES string of the molecule is C=CCOc1ccccc1C(=O)N(C)Cc1ccccc1C(F)(F)F. The van der Waals surface area contributed by atoms with Crippen molar-refractivity contribution in [1.82, 2.24) is 4.90 Å². The third-order valence-electron chi connectivity index (χ3n) is 3.55. The first-order valence-electron chi connectivity index (χ1n) is 7.58. The molecule has 1 amide bonds. The molecule has 0 unspecified atom stereocenters. The molecule has 3 nitrogen and oxygen atoms in total. The van der Waals surface area contributed by atoms with Crippen molar-refractivity contribution in [3.8, 4) is 5.75 Å². The normalized spacial score (nSPS) is 11.0. The summed E-state index contributed by atoms with van der Waals surface area (Å²) >= 11 is 0. The van der Waals surface area contributed by atoms with Gasteiger partial charge >= 0.3 is 6.18 Å². The predicted molar refractivity (Wildman–Crippen MR) is 89.4 cm³/mol. The van der Waals surface area contributed by atoms with Crippen molar-refractivity contribution in [2.45, 2.75) is 12.7 Å². The third kappa shape index (κ3) is 4.62. The summed E-state index contributed by atoms with van der Waals surface area (Å²) in [5.74, 6) is -0.0556.